The summed E-state index contributed by atoms with van der Waals surface area (Å²) in [6.07, 6.45) is 13.2. The van der Waals surface area contributed by atoms with E-state index in [1.807, 2.05) is 48.1 Å². The number of nitrogens with one attached hydrogen (secondary N) is 3. The zero-order valence-electron chi connectivity index (χ0n) is 25.2. The van der Waals surface area contributed by atoms with Gasteiger partial charge in [-0.25, -0.2) is 9.97 Å². The predicted molar refractivity (Wildman–Crippen MR) is 171 cm³/mol. The number of carbonyl (C=O) groups excluding carboxylic acids is 2. The van der Waals surface area contributed by atoms with Gasteiger partial charge in [-0.1, -0.05) is 19.3 Å². The van der Waals surface area contributed by atoms with E-state index < -0.39 is 6.04 Å². The zero-order valence-corrected chi connectivity index (χ0v) is 25.2. The van der Waals surface area contributed by atoms with Crippen LogP contribution in [0.4, 0.5) is 5.95 Å². The van der Waals surface area contributed by atoms with Crippen LogP contribution in [0.25, 0.3) is 33.3 Å². The van der Waals surface area contributed by atoms with Gasteiger partial charge < -0.3 is 29.0 Å². The third kappa shape index (κ3) is 5.57. The third-order valence-corrected chi connectivity index (χ3v) is 8.72. The molecule has 1 atom stereocenters. The molecule has 4 heterocycles. The van der Waals surface area contributed by atoms with E-state index in [0.29, 0.717) is 29.7 Å². The monoisotopic (exact) mass is 605 g/mol. The van der Waals surface area contributed by atoms with Crippen LogP contribution in [0.5, 0.6) is 5.75 Å². The maximum atomic E-state index is 13.9. The van der Waals surface area contributed by atoms with Crippen molar-refractivity contribution in [3.8, 4) is 17.1 Å². The number of fused-ring (bicyclic) bond motifs is 2. The van der Waals surface area contributed by atoms with E-state index in [1.165, 1.54) is 26.2 Å². The van der Waals surface area contributed by atoms with E-state index >= 15 is 0 Å². The number of hydrogen-bond acceptors (Lipinski definition) is 6. The molecule has 0 spiro atoms. The second kappa shape index (κ2) is 11.6. The van der Waals surface area contributed by atoms with Crippen LogP contribution in [0.1, 0.15) is 72.7 Å². The van der Waals surface area contributed by atoms with Crippen LogP contribution in [0, 0.1) is 0 Å². The first kappa shape index (κ1) is 28.5. The van der Waals surface area contributed by atoms with Gasteiger partial charge in [-0.2, -0.15) is 0 Å². The molecule has 2 amide bonds. The Labute approximate surface area is 259 Å². The molecule has 0 unspecified atom stereocenters. The van der Waals surface area contributed by atoms with Gasteiger partial charge in [0, 0.05) is 49.1 Å². The van der Waals surface area contributed by atoms with E-state index in [4.69, 9.17) is 9.40 Å². The van der Waals surface area contributed by atoms with Crippen LogP contribution >= 0.6 is 0 Å². The van der Waals surface area contributed by atoms with Gasteiger partial charge in [0.25, 0.3) is 5.91 Å². The highest BCUT2D eigenvalue weighted by molar-refractivity contribution is 5.98. The van der Waals surface area contributed by atoms with Gasteiger partial charge in [-0.3, -0.25) is 14.9 Å². The molecular weight excluding hydrogens is 570 g/mol. The Hall–Kier alpha value is -5.32. The van der Waals surface area contributed by atoms with Crippen molar-refractivity contribution in [2.24, 2.45) is 7.05 Å². The largest absolute Gasteiger partial charge is 0.508 e. The van der Waals surface area contributed by atoms with Crippen molar-refractivity contribution < 1.29 is 19.1 Å². The molecule has 4 N–H and O–H groups in total. The lowest BCUT2D eigenvalue weighted by Gasteiger charge is -2.25. The van der Waals surface area contributed by atoms with Gasteiger partial charge in [-0.05, 0) is 60.9 Å². The maximum Gasteiger partial charge on any atom is 0.251 e. The summed E-state index contributed by atoms with van der Waals surface area (Å²) in [7, 11) is 1.95. The number of benzene rings is 2. The molecule has 1 fully saturated rings. The molecule has 0 radical (unpaired) electrons. The Morgan fingerprint density at radius 3 is 2.71 bits per heavy atom. The number of phenolic OH excluding ortho intramolecular Hbond substituents is 1. The van der Waals surface area contributed by atoms with E-state index in [0.717, 1.165) is 51.7 Å². The molecule has 7 rings (SSSR count). The summed E-state index contributed by atoms with van der Waals surface area (Å²) in [6.45, 7) is 1.41. The first-order chi connectivity index (χ1) is 21.8. The molecular formula is C34H35N7O4. The number of amides is 2. The van der Waals surface area contributed by atoms with Crippen LogP contribution in [-0.4, -0.2) is 41.0 Å². The second-order valence-corrected chi connectivity index (χ2v) is 11.9. The molecule has 0 saturated heterocycles. The van der Waals surface area contributed by atoms with Crippen molar-refractivity contribution >= 4 is 39.7 Å². The van der Waals surface area contributed by atoms with Gasteiger partial charge in [0.2, 0.25) is 11.9 Å². The topological polar surface area (TPSA) is 143 Å². The summed E-state index contributed by atoms with van der Waals surface area (Å²) in [5, 5.41) is 16.9. The number of H-pyrrole nitrogens is 1. The molecule has 1 saturated carbocycles. The van der Waals surface area contributed by atoms with Gasteiger partial charge in [-0.15, -0.1) is 0 Å². The van der Waals surface area contributed by atoms with Crippen molar-refractivity contribution in [1.29, 1.82) is 0 Å². The molecule has 11 nitrogen and oxygen atoms in total. The number of phenols is 1. The highest BCUT2D eigenvalue weighted by atomic mass is 16.3. The number of aromatic hydroxyl groups is 1. The van der Waals surface area contributed by atoms with E-state index in [9.17, 15) is 14.7 Å². The Kier molecular flexibility index (Phi) is 7.36. The van der Waals surface area contributed by atoms with Crippen LogP contribution in [0.15, 0.2) is 71.8 Å². The number of aromatic nitrogens is 5. The molecule has 45 heavy (non-hydrogen) atoms. The average molecular weight is 606 g/mol. The summed E-state index contributed by atoms with van der Waals surface area (Å²) in [5.41, 5.74) is 5.68. The van der Waals surface area contributed by atoms with Crippen LogP contribution < -0.4 is 10.6 Å². The van der Waals surface area contributed by atoms with Gasteiger partial charge in [0.05, 0.1) is 40.8 Å². The fourth-order valence-electron chi connectivity index (χ4n) is 6.61. The zero-order chi connectivity index (χ0) is 31.1. The van der Waals surface area contributed by atoms with Crippen molar-refractivity contribution in [3.63, 3.8) is 0 Å². The predicted octanol–water partition coefficient (Wildman–Crippen LogP) is 6.39. The molecule has 1 aliphatic carbocycles. The lowest BCUT2D eigenvalue weighted by molar-refractivity contribution is -0.114. The Bertz CT molecular complexity index is 2010. The van der Waals surface area contributed by atoms with E-state index in [1.54, 1.807) is 30.9 Å². The van der Waals surface area contributed by atoms with Crippen molar-refractivity contribution in [2.45, 2.75) is 57.5 Å². The van der Waals surface area contributed by atoms with E-state index in [-0.39, 0.29) is 17.6 Å². The highest BCUT2D eigenvalue weighted by Gasteiger charge is 2.25. The first-order valence-electron chi connectivity index (χ1n) is 15.3. The van der Waals surface area contributed by atoms with Gasteiger partial charge in [0.15, 0.2) is 0 Å². The van der Waals surface area contributed by atoms with Gasteiger partial charge in [0.1, 0.15) is 17.8 Å². The van der Waals surface area contributed by atoms with Crippen molar-refractivity contribution in [2.75, 3.05) is 5.32 Å². The average Bonchev–Trinajstić information content (AvgIpc) is 3.83. The number of rotatable bonds is 8. The Morgan fingerprint density at radius 1 is 1.11 bits per heavy atom. The number of aromatic amines is 1. The molecule has 0 aliphatic heterocycles. The summed E-state index contributed by atoms with van der Waals surface area (Å²) in [6, 6.07) is 12.7. The number of furan rings is 1. The molecule has 11 heteroatoms. The number of nitrogens with zero attached hydrogens (tertiary/aromatic N) is 4. The summed E-state index contributed by atoms with van der Waals surface area (Å²) in [4.78, 5) is 38.0. The lowest BCUT2D eigenvalue weighted by atomic mass is 9.95. The Morgan fingerprint density at radius 2 is 1.93 bits per heavy atom. The van der Waals surface area contributed by atoms with E-state index in [2.05, 4.69) is 25.2 Å². The minimum absolute atomic E-state index is 0.167. The number of anilines is 1. The smallest absolute Gasteiger partial charge is 0.251 e. The van der Waals surface area contributed by atoms with Crippen LogP contribution in [0.3, 0.4) is 0 Å². The lowest BCUT2D eigenvalue weighted by Crippen LogP contribution is -2.30. The van der Waals surface area contributed by atoms with Gasteiger partial charge >= 0.3 is 0 Å². The Balaban J connectivity index is 1.23. The number of hydrogen-bond donors (Lipinski definition) is 4. The highest BCUT2D eigenvalue weighted by Crippen LogP contribution is 2.36. The standard InChI is InChI=1S/C34H35N7O4/c1-20(42)36-34-35-17-29(39-34)27(15-23-18-40(2)30-11-9-25(43)16-26(23)30)38-33(44)21-8-10-31-28(14-21)37-32(22-12-13-45-19-22)41(31)24-6-4-3-5-7-24/h8-14,16-19,24,27,43H,3-7,15H2,1-2H3,(H,38,44)(H2,35,36,39,42)/t27-/m0/s1. The minimum atomic E-state index is -0.516. The number of carbonyl (C=O) groups is 2. The van der Waals surface area contributed by atoms with Crippen molar-refractivity contribution in [1.82, 2.24) is 29.4 Å². The van der Waals surface area contributed by atoms with Crippen LogP contribution in [-0.2, 0) is 18.3 Å². The summed E-state index contributed by atoms with van der Waals surface area (Å²) < 4.78 is 9.70. The molecule has 2 aromatic carbocycles. The van der Waals surface area contributed by atoms with Crippen molar-refractivity contribution in [3.05, 3.63) is 84.2 Å². The fraction of sp³-hybridized carbons (Fsp3) is 0.294. The minimum Gasteiger partial charge on any atom is -0.508 e. The molecule has 4 aromatic heterocycles. The second-order valence-electron chi connectivity index (χ2n) is 11.9. The molecule has 6 aromatic rings. The maximum absolute atomic E-state index is 13.9. The fourth-order valence-corrected chi connectivity index (χ4v) is 6.61. The number of imidazole rings is 2. The normalized spacial score (nSPS) is 14.6. The molecule has 230 valence electrons. The summed E-state index contributed by atoms with van der Waals surface area (Å²) >= 11 is 0. The quantitative estimate of drug-likeness (QED) is 0.158. The first-order valence-corrected chi connectivity index (χ1v) is 15.3. The number of aryl methyl sites for hydroxylation is 1. The molecule has 1 aliphatic rings. The SMILES string of the molecule is CC(=O)Nc1ncc([C@H](Cc2cn(C)c3ccc(O)cc23)NC(=O)c2ccc3c(c2)nc(-c2ccoc2)n3C2CCCCC2)[nH]1. The van der Waals surface area contributed by atoms with Crippen LogP contribution in [0.2, 0.25) is 0 Å². The third-order valence-electron chi connectivity index (χ3n) is 8.72. The summed E-state index contributed by atoms with van der Waals surface area (Å²) in [5.74, 6) is 0.798. The molecule has 0 bridgehead atoms.